The van der Waals surface area contributed by atoms with Crippen LogP contribution in [0.15, 0.2) is 42.5 Å². The van der Waals surface area contributed by atoms with E-state index in [9.17, 15) is 0 Å². The summed E-state index contributed by atoms with van der Waals surface area (Å²) >= 11 is 3.71. The van der Waals surface area contributed by atoms with Crippen LogP contribution in [0.1, 0.15) is 23.7 Å². The molecule has 0 spiro atoms. The molecule has 1 nitrogen and oxygen atoms in total. The number of hydrogen-bond donors (Lipinski definition) is 1. The standard InChI is InChI=1S/C15H14BrN/c1-2-13(16)10-7-8-15-12(9-10)11-5-3-4-6-14(11)17-15/h3-9,13,17H,2H2,1H3. The summed E-state index contributed by atoms with van der Waals surface area (Å²) < 4.78 is 0. The van der Waals surface area contributed by atoms with E-state index in [2.05, 4.69) is 70.3 Å². The smallest absolute Gasteiger partial charge is 0.0465 e. The summed E-state index contributed by atoms with van der Waals surface area (Å²) in [6.07, 6.45) is 1.11. The number of hydrogen-bond acceptors (Lipinski definition) is 0. The number of benzene rings is 2. The van der Waals surface area contributed by atoms with Gasteiger partial charge >= 0.3 is 0 Å². The lowest BCUT2D eigenvalue weighted by molar-refractivity contribution is 0.913. The van der Waals surface area contributed by atoms with Crippen LogP contribution >= 0.6 is 15.9 Å². The number of aromatic nitrogens is 1. The van der Waals surface area contributed by atoms with E-state index in [-0.39, 0.29) is 0 Å². The Morgan fingerprint density at radius 3 is 2.65 bits per heavy atom. The highest BCUT2D eigenvalue weighted by atomic mass is 79.9. The Balaban J connectivity index is 2.30. The van der Waals surface area contributed by atoms with Crippen molar-refractivity contribution in [3.05, 3.63) is 48.0 Å². The molecule has 3 rings (SSSR count). The largest absolute Gasteiger partial charge is 0.355 e. The molecule has 2 heteroatoms. The minimum atomic E-state index is 0.445. The van der Waals surface area contributed by atoms with Gasteiger partial charge in [-0.2, -0.15) is 0 Å². The monoisotopic (exact) mass is 287 g/mol. The Morgan fingerprint density at radius 2 is 1.82 bits per heavy atom. The number of rotatable bonds is 2. The maximum atomic E-state index is 3.71. The first-order valence-corrected chi connectivity index (χ1v) is 6.85. The number of fused-ring (bicyclic) bond motifs is 3. The van der Waals surface area contributed by atoms with Crippen LogP contribution < -0.4 is 0 Å². The zero-order valence-electron chi connectivity index (χ0n) is 9.70. The molecule has 1 unspecified atom stereocenters. The van der Waals surface area contributed by atoms with Gasteiger partial charge in [0.25, 0.3) is 0 Å². The first-order valence-electron chi connectivity index (χ1n) is 5.94. The van der Waals surface area contributed by atoms with Gasteiger partial charge in [-0.05, 0) is 30.2 Å². The molecule has 0 saturated heterocycles. The minimum Gasteiger partial charge on any atom is -0.355 e. The van der Waals surface area contributed by atoms with Crippen LogP contribution in [0.5, 0.6) is 0 Å². The van der Waals surface area contributed by atoms with Crippen molar-refractivity contribution >= 4 is 37.7 Å². The van der Waals surface area contributed by atoms with Crippen molar-refractivity contribution < 1.29 is 0 Å². The molecule has 0 aliphatic heterocycles. The van der Waals surface area contributed by atoms with Crippen LogP contribution in [0, 0.1) is 0 Å². The van der Waals surface area contributed by atoms with E-state index in [1.165, 1.54) is 27.4 Å². The lowest BCUT2D eigenvalue weighted by Gasteiger charge is -2.06. The predicted octanol–water partition coefficient (Wildman–Crippen LogP) is 5.17. The highest BCUT2D eigenvalue weighted by Gasteiger charge is 2.08. The lowest BCUT2D eigenvalue weighted by Crippen LogP contribution is -1.86. The molecule has 1 N–H and O–H groups in total. The molecule has 1 heterocycles. The summed E-state index contributed by atoms with van der Waals surface area (Å²) in [6.45, 7) is 2.19. The van der Waals surface area contributed by atoms with E-state index in [0.29, 0.717) is 4.83 Å². The van der Waals surface area contributed by atoms with Crippen molar-refractivity contribution in [1.82, 2.24) is 4.98 Å². The number of alkyl halides is 1. The van der Waals surface area contributed by atoms with E-state index in [4.69, 9.17) is 0 Å². The molecule has 0 bridgehead atoms. The molecule has 86 valence electrons. The Kier molecular flexibility index (Phi) is 2.67. The highest BCUT2D eigenvalue weighted by molar-refractivity contribution is 9.09. The van der Waals surface area contributed by atoms with E-state index >= 15 is 0 Å². The molecule has 0 aliphatic rings. The van der Waals surface area contributed by atoms with Crippen LogP contribution in [-0.2, 0) is 0 Å². The third kappa shape index (κ3) is 1.77. The quantitative estimate of drug-likeness (QED) is 0.626. The SMILES string of the molecule is CCC(Br)c1ccc2[nH]c3ccccc3c2c1. The molecule has 0 radical (unpaired) electrons. The van der Waals surface area contributed by atoms with Crippen LogP contribution in [0.25, 0.3) is 21.8 Å². The third-order valence-electron chi connectivity index (χ3n) is 3.25. The summed E-state index contributed by atoms with van der Waals surface area (Å²) in [5, 5.41) is 2.62. The van der Waals surface area contributed by atoms with Crippen molar-refractivity contribution in [3.8, 4) is 0 Å². The second-order valence-electron chi connectivity index (χ2n) is 4.35. The average Bonchev–Trinajstić information content (AvgIpc) is 2.75. The molecule has 3 aromatic rings. The maximum absolute atomic E-state index is 3.71. The molecule has 1 aromatic heterocycles. The predicted molar refractivity (Wildman–Crippen MR) is 77.8 cm³/mol. The summed E-state index contributed by atoms with van der Waals surface area (Å²) in [5.74, 6) is 0. The van der Waals surface area contributed by atoms with E-state index in [1.54, 1.807) is 0 Å². The molecule has 1 atom stereocenters. The van der Waals surface area contributed by atoms with Crippen LogP contribution in [0.2, 0.25) is 0 Å². The van der Waals surface area contributed by atoms with Gasteiger partial charge in [0, 0.05) is 26.6 Å². The van der Waals surface area contributed by atoms with Crippen molar-refractivity contribution in [3.63, 3.8) is 0 Å². The number of halogens is 1. The van der Waals surface area contributed by atoms with Gasteiger partial charge in [0.2, 0.25) is 0 Å². The summed E-state index contributed by atoms with van der Waals surface area (Å²) in [4.78, 5) is 3.89. The number of aromatic amines is 1. The second kappa shape index (κ2) is 4.19. The maximum Gasteiger partial charge on any atom is 0.0465 e. The average molecular weight is 288 g/mol. The number of nitrogens with one attached hydrogen (secondary N) is 1. The fourth-order valence-electron chi connectivity index (χ4n) is 2.30. The molecular weight excluding hydrogens is 274 g/mol. The van der Waals surface area contributed by atoms with Gasteiger partial charge in [0.05, 0.1) is 0 Å². The third-order valence-corrected chi connectivity index (χ3v) is 4.43. The van der Waals surface area contributed by atoms with Gasteiger partial charge in [-0.1, -0.05) is 47.1 Å². The van der Waals surface area contributed by atoms with Gasteiger partial charge in [-0.3, -0.25) is 0 Å². The van der Waals surface area contributed by atoms with Crippen LogP contribution in [0.4, 0.5) is 0 Å². The zero-order valence-corrected chi connectivity index (χ0v) is 11.3. The number of H-pyrrole nitrogens is 1. The van der Waals surface area contributed by atoms with E-state index in [0.717, 1.165) is 6.42 Å². The highest BCUT2D eigenvalue weighted by Crippen LogP contribution is 2.31. The van der Waals surface area contributed by atoms with Crippen LogP contribution in [0.3, 0.4) is 0 Å². The Hall–Kier alpha value is -1.28. The summed E-state index contributed by atoms with van der Waals surface area (Å²) in [5.41, 5.74) is 3.78. The summed E-state index contributed by atoms with van der Waals surface area (Å²) in [7, 11) is 0. The Morgan fingerprint density at radius 1 is 1.06 bits per heavy atom. The molecule has 17 heavy (non-hydrogen) atoms. The van der Waals surface area contributed by atoms with E-state index < -0.39 is 0 Å². The van der Waals surface area contributed by atoms with Crippen molar-refractivity contribution in [2.45, 2.75) is 18.2 Å². The van der Waals surface area contributed by atoms with Gasteiger partial charge < -0.3 is 4.98 Å². The topological polar surface area (TPSA) is 15.8 Å². The second-order valence-corrected chi connectivity index (χ2v) is 5.46. The van der Waals surface area contributed by atoms with Gasteiger partial charge in [0.1, 0.15) is 0 Å². The Labute approximate surface area is 109 Å². The normalized spacial score (nSPS) is 13.3. The molecule has 0 amide bonds. The lowest BCUT2D eigenvalue weighted by atomic mass is 10.1. The molecule has 0 saturated carbocycles. The first-order chi connectivity index (χ1) is 8.29. The number of para-hydroxylation sites is 1. The Bertz CT molecular complexity index is 669. The van der Waals surface area contributed by atoms with Gasteiger partial charge in [-0.15, -0.1) is 0 Å². The first kappa shape index (κ1) is 10.8. The molecular formula is C15H14BrN. The van der Waals surface area contributed by atoms with Crippen LogP contribution in [-0.4, -0.2) is 4.98 Å². The molecule has 0 aliphatic carbocycles. The zero-order chi connectivity index (χ0) is 11.8. The fourth-order valence-corrected chi connectivity index (χ4v) is 2.58. The molecule has 2 aromatic carbocycles. The van der Waals surface area contributed by atoms with Gasteiger partial charge in [-0.25, -0.2) is 0 Å². The van der Waals surface area contributed by atoms with E-state index in [1.807, 2.05) is 0 Å². The fraction of sp³-hybridized carbons (Fsp3) is 0.200. The summed E-state index contributed by atoms with van der Waals surface area (Å²) in [6, 6.07) is 15.1. The van der Waals surface area contributed by atoms with Crippen molar-refractivity contribution in [2.75, 3.05) is 0 Å². The van der Waals surface area contributed by atoms with Crippen molar-refractivity contribution in [2.24, 2.45) is 0 Å². The molecule has 0 fully saturated rings. The van der Waals surface area contributed by atoms with Gasteiger partial charge in [0.15, 0.2) is 0 Å². The minimum absolute atomic E-state index is 0.445. The van der Waals surface area contributed by atoms with Crippen molar-refractivity contribution in [1.29, 1.82) is 0 Å².